The van der Waals surface area contributed by atoms with Crippen LogP contribution in [0.25, 0.3) is 11.1 Å². The van der Waals surface area contributed by atoms with Crippen LogP contribution in [0.3, 0.4) is 0 Å². The van der Waals surface area contributed by atoms with Gasteiger partial charge in [0.1, 0.15) is 5.75 Å². The number of halogens is 1. The molecule has 25 heavy (non-hydrogen) atoms. The molecule has 6 nitrogen and oxygen atoms in total. The molecule has 0 atom stereocenters. The molecule has 2 N–H and O–H groups in total. The molecule has 0 spiro atoms. The molecule has 0 aliphatic rings. The second-order valence-electron chi connectivity index (χ2n) is 5.10. The van der Waals surface area contributed by atoms with Crippen molar-refractivity contribution >= 4 is 23.5 Å². The zero-order valence-corrected chi connectivity index (χ0v) is 14.5. The molecule has 0 saturated carbocycles. The van der Waals surface area contributed by atoms with Crippen molar-refractivity contribution < 1.29 is 19.1 Å². The van der Waals surface area contributed by atoms with E-state index in [-0.39, 0.29) is 6.61 Å². The monoisotopic (exact) mass is 362 g/mol. The normalized spacial score (nSPS) is 10.2. The van der Waals surface area contributed by atoms with Crippen LogP contribution in [0.4, 0.5) is 4.79 Å². The summed E-state index contributed by atoms with van der Waals surface area (Å²) in [5.41, 5.74) is 1.97. The van der Waals surface area contributed by atoms with Gasteiger partial charge in [-0.2, -0.15) is 0 Å². The highest BCUT2D eigenvalue weighted by Crippen LogP contribution is 2.30. The number of carbonyl (C=O) groups is 2. The molecule has 132 valence electrons. The van der Waals surface area contributed by atoms with Crippen LogP contribution >= 0.6 is 11.6 Å². The molecule has 0 heterocycles. The average molecular weight is 363 g/mol. The molecular formula is C18H19ClN2O4. The second-order valence-corrected chi connectivity index (χ2v) is 5.50. The Morgan fingerprint density at radius 3 is 2.52 bits per heavy atom. The van der Waals surface area contributed by atoms with E-state index in [1.165, 1.54) is 7.11 Å². The van der Waals surface area contributed by atoms with Crippen molar-refractivity contribution in [3.63, 3.8) is 0 Å². The van der Waals surface area contributed by atoms with Crippen molar-refractivity contribution in [3.05, 3.63) is 53.6 Å². The minimum atomic E-state index is -0.601. The highest BCUT2D eigenvalue weighted by Gasteiger charge is 2.10. The molecule has 0 saturated heterocycles. The first-order valence-corrected chi connectivity index (χ1v) is 8.02. The van der Waals surface area contributed by atoms with E-state index in [0.717, 1.165) is 11.1 Å². The van der Waals surface area contributed by atoms with Gasteiger partial charge in [0.2, 0.25) is 0 Å². The van der Waals surface area contributed by atoms with Crippen molar-refractivity contribution in [3.8, 4) is 16.9 Å². The summed E-state index contributed by atoms with van der Waals surface area (Å²) >= 11 is 6.20. The Labute approximate surface area is 151 Å². The Hall–Kier alpha value is -2.57. The number of rotatable bonds is 7. The SMILES string of the molecule is COCCNC(=O)NC(=O)COc1ccc(-c2ccccc2)cc1Cl. The predicted octanol–water partition coefficient (Wildman–Crippen LogP) is 2.86. The van der Waals surface area contributed by atoms with Crippen LogP contribution in [0.15, 0.2) is 48.5 Å². The van der Waals surface area contributed by atoms with Gasteiger partial charge in [-0.15, -0.1) is 0 Å². The first-order chi connectivity index (χ1) is 12.1. The van der Waals surface area contributed by atoms with Crippen LogP contribution in [0.5, 0.6) is 5.75 Å². The fraction of sp³-hybridized carbons (Fsp3) is 0.222. The summed E-state index contributed by atoms with van der Waals surface area (Å²) < 4.78 is 10.2. The van der Waals surface area contributed by atoms with E-state index in [1.54, 1.807) is 12.1 Å². The third-order valence-corrected chi connectivity index (χ3v) is 3.54. The third kappa shape index (κ3) is 6.10. The lowest BCUT2D eigenvalue weighted by Crippen LogP contribution is -2.42. The summed E-state index contributed by atoms with van der Waals surface area (Å²) in [7, 11) is 1.52. The molecule has 0 aromatic heterocycles. The lowest BCUT2D eigenvalue weighted by Gasteiger charge is -2.10. The number of imide groups is 1. The smallest absolute Gasteiger partial charge is 0.321 e. The van der Waals surface area contributed by atoms with E-state index in [2.05, 4.69) is 10.6 Å². The van der Waals surface area contributed by atoms with Gasteiger partial charge in [0, 0.05) is 13.7 Å². The molecule has 0 aliphatic heterocycles. The third-order valence-electron chi connectivity index (χ3n) is 3.24. The maximum absolute atomic E-state index is 11.7. The fourth-order valence-electron chi connectivity index (χ4n) is 2.04. The van der Waals surface area contributed by atoms with Crippen LogP contribution in [-0.4, -0.2) is 38.8 Å². The zero-order chi connectivity index (χ0) is 18.1. The quantitative estimate of drug-likeness (QED) is 0.742. The molecular weight excluding hydrogens is 344 g/mol. The summed E-state index contributed by atoms with van der Waals surface area (Å²) in [5.74, 6) is -0.200. The van der Waals surface area contributed by atoms with Crippen molar-refractivity contribution in [2.45, 2.75) is 0 Å². The van der Waals surface area contributed by atoms with Gasteiger partial charge >= 0.3 is 6.03 Å². The number of hydrogen-bond acceptors (Lipinski definition) is 4. The predicted molar refractivity (Wildman–Crippen MR) is 95.8 cm³/mol. The van der Waals surface area contributed by atoms with Gasteiger partial charge in [-0.1, -0.05) is 48.0 Å². The first kappa shape index (κ1) is 18.8. The van der Waals surface area contributed by atoms with Crippen LogP contribution in [-0.2, 0) is 9.53 Å². The topological polar surface area (TPSA) is 76.7 Å². The zero-order valence-electron chi connectivity index (χ0n) is 13.8. The van der Waals surface area contributed by atoms with Gasteiger partial charge in [0.05, 0.1) is 11.6 Å². The fourth-order valence-corrected chi connectivity index (χ4v) is 2.28. The first-order valence-electron chi connectivity index (χ1n) is 7.64. The number of ether oxygens (including phenoxy) is 2. The maximum atomic E-state index is 11.7. The number of urea groups is 1. The largest absolute Gasteiger partial charge is 0.482 e. The van der Waals surface area contributed by atoms with E-state index < -0.39 is 11.9 Å². The minimum absolute atomic E-state index is 0.309. The van der Waals surface area contributed by atoms with E-state index in [0.29, 0.717) is 23.9 Å². The number of hydrogen-bond donors (Lipinski definition) is 2. The summed E-state index contributed by atoms with van der Waals surface area (Å²) in [5, 5.41) is 5.01. The Bertz CT molecular complexity index is 722. The van der Waals surface area contributed by atoms with E-state index >= 15 is 0 Å². The molecule has 0 radical (unpaired) electrons. The van der Waals surface area contributed by atoms with Gasteiger partial charge in [-0.05, 0) is 23.3 Å². The molecule has 2 aromatic carbocycles. The van der Waals surface area contributed by atoms with Gasteiger partial charge in [0.25, 0.3) is 5.91 Å². The minimum Gasteiger partial charge on any atom is -0.482 e. The summed E-state index contributed by atoms with van der Waals surface area (Å²) in [4.78, 5) is 23.1. The van der Waals surface area contributed by atoms with Gasteiger partial charge in [-0.3, -0.25) is 10.1 Å². The average Bonchev–Trinajstić information content (AvgIpc) is 2.61. The molecule has 0 unspecified atom stereocenters. The van der Waals surface area contributed by atoms with E-state index in [9.17, 15) is 9.59 Å². The highest BCUT2D eigenvalue weighted by molar-refractivity contribution is 6.32. The van der Waals surface area contributed by atoms with Gasteiger partial charge in [0.15, 0.2) is 6.61 Å². The lowest BCUT2D eigenvalue weighted by molar-refractivity contribution is -0.122. The Morgan fingerprint density at radius 1 is 1.08 bits per heavy atom. The number of amides is 3. The Morgan fingerprint density at radius 2 is 1.84 bits per heavy atom. The molecule has 2 aromatic rings. The van der Waals surface area contributed by atoms with Gasteiger partial charge < -0.3 is 14.8 Å². The molecule has 0 fully saturated rings. The number of benzene rings is 2. The molecule has 0 aliphatic carbocycles. The van der Waals surface area contributed by atoms with Crippen LogP contribution < -0.4 is 15.4 Å². The maximum Gasteiger partial charge on any atom is 0.321 e. The molecule has 2 rings (SSSR count). The Kier molecular flexibility index (Phi) is 7.25. The molecule has 3 amide bonds. The summed E-state index contributed by atoms with van der Waals surface area (Å²) in [6.07, 6.45) is 0. The van der Waals surface area contributed by atoms with Crippen molar-refractivity contribution in [1.82, 2.24) is 10.6 Å². The number of carbonyl (C=O) groups excluding carboxylic acids is 2. The standard InChI is InChI=1S/C18H19ClN2O4/c1-24-10-9-20-18(23)21-17(22)12-25-16-8-7-14(11-15(16)19)13-5-3-2-4-6-13/h2-8,11H,9-10,12H2,1H3,(H2,20,21,22,23). The van der Waals surface area contributed by atoms with E-state index in [1.807, 2.05) is 36.4 Å². The van der Waals surface area contributed by atoms with Gasteiger partial charge in [-0.25, -0.2) is 4.79 Å². The van der Waals surface area contributed by atoms with Crippen molar-refractivity contribution in [2.75, 3.05) is 26.9 Å². The Balaban J connectivity index is 1.86. The van der Waals surface area contributed by atoms with E-state index in [4.69, 9.17) is 21.1 Å². The lowest BCUT2D eigenvalue weighted by atomic mass is 10.1. The van der Waals surface area contributed by atoms with Crippen LogP contribution in [0.1, 0.15) is 0 Å². The van der Waals surface area contributed by atoms with Crippen LogP contribution in [0, 0.1) is 0 Å². The highest BCUT2D eigenvalue weighted by atomic mass is 35.5. The molecule has 0 bridgehead atoms. The second kappa shape index (κ2) is 9.66. The van der Waals surface area contributed by atoms with Crippen LogP contribution in [0.2, 0.25) is 5.02 Å². The van der Waals surface area contributed by atoms with Crippen molar-refractivity contribution in [1.29, 1.82) is 0 Å². The molecule has 7 heteroatoms. The summed E-state index contributed by atoms with van der Waals surface area (Å²) in [6, 6.07) is 14.5. The number of methoxy groups -OCH3 is 1. The summed E-state index contributed by atoms with van der Waals surface area (Å²) in [6.45, 7) is 0.354. The number of nitrogens with one attached hydrogen (secondary N) is 2. The van der Waals surface area contributed by atoms with Crippen molar-refractivity contribution in [2.24, 2.45) is 0 Å².